The van der Waals surface area contributed by atoms with Crippen LogP contribution in [0.3, 0.4) is 0 Å². The average Bonchev–Trinajstić information content (AvgIpc) is 2.64. The highest BCUT2D eigenvalue weighted by Gasteiger charge is 2.42. The molecule has 0 aliphatic carbocycles. The lowest BCUT2D eigenvalue weighted by Gasteiger charge is -2.21. The maximum absolute atomic E-state index is 12.1. The molecule has 0 aromatic heterocycles. The van der Waals surface area contributed by atoms with Crippen LogP contribution in [0.2, 0.25) is 0 Å². The van der Waals surface area contributed by atoms with Gasteiger partial charge in [-0.1, -0.05) is 12.1 Å². The highest BCUT2D eigenvalue weighted by atomic mass is 16.4. The van der Waals surface area contributed by atoms with Gasteiger partial charge in [-0.25, -0.2) is 4.79 Å². The lowest BCUT2D eigenvalue weighted by atomic mass is 10.1. The van der Waals surface area contributed by atoms with Gasteiger partial charge in [0.25, 0.3) is 11.8 Å². The first-order valence-electron chi connectivity index (χ1n) is 5.91. The number of nitrogens with two attached hydrogens (primary N) is 1. The van der Waals surface area contributed by atoms with Crippen molar-refractivity contribution in [3.05, 3.63) is 35.4 Å². The molecule has 0 unspecified atom stereocenters. The molecule has 3 N–H and O–H groups in total. The number of amides is 3. The van der Waals surface area contributed by atoms with Gasteiger partial charge in [-0.2, -0.15) is 0 Å². The van der Waals surface area contributed by atoms with E-state index in [0.29, 0.717) is 4.90 Å². The van der Waals surface area contributed by atoms with Gasteiger partial charge < -0.3 is 10.8 Å². The van der Waals surface area contributed by atoms with E-state index in [1.165, 1.54) is 12.1 Å². The van der Waals surface area contributed by atoms with Crippen LogP contribution in [-0.2, 0) is 9.59 Å². The molecule has 20 heavy (non-hydrogen) atoms. The summed E-state index contributed by atoms with van der Waals surface area (Å²) < 4.78 is 0. The van der Waals surface area contributed by atoms with Crippen LogP contribution in [0.4, 0.5) is 0 Å². The Balaban J connectivity index is 2.32. The van der Waals surface area contributed by atoms with Crippen molar-refractivity contribution in [1.29, 1.82) is 0 Å². The van der Waals surface area contributed by atoms with Gasteiger partial charge in [-0.05, 0) is 18.6 Å². The number of aliphatic carboxylic acids is 1. The molecule has 104 valence electrons. The maximum atomic E-state index is 12.1. The van der Waals surface area contributed by atoms with Gasteiger partial charge in [0, 0.05) is 6.42 Å². The fourth-order valence-electron chi connectivity index (χ4n) is 2.13. The van der Waals surface area contributed by atoms with Gasteiger partial charge in [0.15, 0.2) is 0 Å². The lowest BCUT2D eigenvalue weighted by Crippen LogP contribution is -2.45. The van der Waals surface area contributed by atoms with Gasteiger partial charge in [0.2, 0.25) is 5.91 Å². The zero-order valence-electron chi connectivity index (χ0n) is 10.4. The van der Waals surface area contributed by atoms with Crippen molar-refractivity contribution in [3.63, 3.8) is 0 Å². The fraction of sp³-hybridized carbons (Fsp3) is 0.231. The molecular weight excluding hydrogens is 264 g/mol. The van der Waals surface area contributed by atoms with Crippen LogP contribution in [0.1, 0.15) is 33.6 Å². The molecule has 0 saturated heterocycles. The highest BCUT2D eigenvalue weighted by molar-refractivity contribution is 6.22. The first-order chi connectivity index (χ1) is 9.43. The van der Waals surface area contributed by atoms with Crippen molar-refractivity contribution >= 4 is 23.7 Å². The number of hydrogen-bond donors (Lipinski definition) is 2. The summed E-state index contributed by atoms with van der Waals surface area (Å²) in [6, 6.07) is 4.71. The lowest BCUT2D eigenvalue weighted by molar-refractivity contribution is -0.141. The summed E-state index contributed by atoms with van der Waals surface area (Å²) in [5, 5.41) is 9.16. The first-order valence-corrected chi connectivity index (χ1v) is 5.91. The summed E-state index contributed by atoms with van der Waals surface area (Å²) in [5.41, 5.74) is 5.31. The normalized spacial score (nSPS) is 15.1. The standard InChI is InChI=1S/C13H12N2O5/c14-10(16)6-5-9(13(19)20)15-11(17)7-3-1-2-4-8(7)12(15)18/h1-4,9H,5-6H2,(H2,14,16)(H,19,20)/t9-/m1/s1. The third-order valence-electron chi connectivity index (χ3n) is 3.09. The average molecular weight is 276 g/mol. The molecule has 1 aliphatic heterocycles. The third kappa shape index (κ3) is 2.25. The third-order valence-corrected chi connectivity index (χ3v) is 3.09. The van der Waals surface area contributed by atoms with Crippen molar-refractivity contribution in [2.24, 2.45) is 5.73 Å². The summed E-state index contributed by atoms with van der Waals surface area (Å²) >= 11 is 0. The highest BCUT2D eigenvalue weighted by Crippen LogP contribution is 2.26. The van der Waals surface area contributed by atoms with Crippen molar-refractivity contribution < 1.29 is 24.3 Å². The molecule has 0 fully saturated rings. The smallest absolute Gasteiger partial charge is 0.326 e. The molecule has 1 atom stereocenters. The van der Waals surface area contributed by atoms with Crippen molar-refractivity contribution in [2.45, 2.75) is 18.9 Å². The quantitative estimate of drug-likeness (QED) is 0.734. The van der Waals surface area contributed by atoms with Gasteiger partial charge in [-0.3, -0.25) is 19.3 Å². The largest absolute Gasteiger partial charge is 0.480 e. The summed E-state index contributed by atoms with van der Waals surface area (Å²) in [6.45, 7) is 0. The van der Waals surface area contributed by atoms with Crippen LogP contribution in [0.15, 0.2) is 24.3 Å². The van der Waals surface area contributed by atoms with Gasteiger partial charge >= 0.3 is 5.97 Å². The van der Waals surface area contributed by atoms with Crippen LogP contribution in [-0.4, -0.2) is 39.7 Å². The first kappa shape index (κ1) is 13.7. The number of carboxylic acids is 1. The SMILES string of the molecule is NC(=O)CC[C@H](C(=O)O)N1C(=O)c2ccccc2C1=O. The number of carbonyl (C=O) groups excluding carboxylic acids is 3. The van der Waals surface area contributed by atoms with Crippen LogP contribution >= 0.6 is 0 Å². The van der Waals surface area contributed by atoms with E-state index in [0.717, 1.165) is 0 Å². The number of rotatable bonds is 5. The number of imide groups is 1. The number of primary amides is 1. The van der Waals surface area contributed by atoms with Gasteiger partial charge in [0.05, 0.1) is 11.1 Å². The predicted octanol–water partition coefficient (Wildman–Crippen LogP) is 0.00130. The molecule has 1 aromatic rings. The molecular formula is C13H12N2O5. The summed E-state index contributed by atoms with van der Waals surface area (Å²) in [4.78, 5) is 46.9. The number of hydrogen-bond acceptors (Lipinski definition) is 4. The van der Waals surface area contributed by atoms with Crippen LogP contribution in [0, 0.1) is 0 Å². The topological polar surface area (TPSA) is 118 Å². The number of fused-ring (bicyclic) bond motifs is 1. The monoisotopic (exact) mass is 276 g/mol. The van der Waals surface area contributed by atoms with Crippen molar-refractivity contribution in [3.8, 4) is 0 Å². The maximum Gasteiger partial charge on any atom is 0.326 e. The zero-order chi connectivity index (χ0) is 14.9. The van der Waals surface area contributed by atoms with E-state index in [1.807, 2.05) is 0 Å². The molecule has 0 spiro atoms. The molecule has 0 bridgehead atoms. The van der Waals surface area contributed by atoms with E-state index in [4.69, 9.17) is 10.8 Å². The second-order valence-corrected chi connectivity index (χ2v) is 4.38. The Hall–Kier alpha value is -2.70. The molecule has 7 heteroatoms. The fourth-order valence-corrected chi connectivity index (χ4v) is 2.13. The molecule has 3 amide bonds. The molecule has 1 aromatic carbocycles. The Morgan fingerprint density at radius 1 is 1.15 bits per heavy atom. The molecule has 1 aliphatic rings. The summed E-state index contributed by atoms with van der Waals surface area (Å²) in [6.07, 6.45) is -0.416. The second kappa shape index (κ2) is 5.12. The van der Waals surface area contributed by atoms with E-state index in [9.17, 15) is 19.2 Å². The Kier molecular flexibility index (Phi) is 3.51. The van der Waals surface area contributed by atoms with Crippen LogP contribution in [0.5, 0.6) is 0 Å². The minimum absolute atomic E-state index is 0.169. The zero-order valence-corrected chi connectivity index (χ0v) is 10.4. The van der Waals surface area contributed by atoms with Crippen LogP contribution in [0.25, 0.3) is 0 Å². The molecule has 1 heterocycles. The Morgan fingerprint density at radius 3 is 2.05 bits per heavy atom. The molecule has 0 saturated carbocycles. The summed E-state index contributed by atoms with van der Waals surface area (Å²) in [7, 11) is 0. The van der Waals surface area contributed by atoms with Crippen molar-refractivity contribution in [2.75, 3.05) is 0 Å². The number of carbonyl (C=O) groups is 4. The molecule has 7 nitrogen and oxygen atoms in total. The Morgan fingerprint density at radius 2 is 1.65 bits per heavy atom. The number of nitrogens with zero attached hydrogens (tertiary/aromatic N) is 1. The number of carboxylic acid groups (broad SMARTS) is 1. The van der Waals surface area contributed by atoms with E-state index in [2.05, 4.69) is 0 Å². The van der Waals surface area contributed by atoms with Gasteiger partial charge in [0.1, 0.15) is 6.04 Å². The van der Waals surface area contributed by atoms with E-state index < -0.39 is 29.7 Å². The van der Waals surface area contributed by atoms with E-state index in [-0.39, 0.29) is 24.0 Å². The van der Waals surface area contributed by atoms with Crippen LogP contribution < -0.4 is 5.73 Å². The van der Waals surface area contributed by atoms with Gasteiger partial charge in [-0.15, -0.1) is 0 Å². The van der Waals surface area contributed by atoms with E-state index >= 15 is 0 Å². The summed E-state index contributed by atoms with van der Waals surface area (Å²) in [5.74, 6) is -3.36. The Bertz CT molecular complexity index is 576. The van der Waals surface area contributed by atoms with E-state index in [1.54, 1.807) is 12.1 Å². The number of benzene rings is 1. The second-order valence-electron chi connectivity index (χ2n) is 4.38. The molecule has 2 rings (SSSR count). The minimum Gasteiger partial charge on any atom is -0.480 e. The Labute approximate surface area is 114 Å². The van der Waals surface area contributed by atoms with Crippen molar-refractivity contribution in [1.82, 2.24) is 4.90 Å². The molecule has 0 radical (unpaired) electrons. The predicted molar refractivity (Wildman–Crippen MR) is 66.8 cm³/mol. The minimum atomic E-state index is -1.39.